The van der Waals surface area contributed by atoms with E-state index in [1.54, 1.807) is 0 Å². The molecule has 1 aliphatic heterocycles. The number of anilines is 1. The maximum atomic E-state index is 4.65. The summed E-state index contributed by atoms with van der Waals surface area (Å²) in [5.74, 6) is 1.35. The lowest BCUT2D eigenvalue weighted by molar-refractivity contribution is 0.232. The lowest BCUT2D eigenvalue weighted by atomic mass is 10.1. The van der Waals surface area contributed by atoms with Gasteiger partial charge in [0.15, 0.2) is 0 Å². The molecule has 0 N–H and O–H groups in total. The van der Waals surface area contributed by atoms with Crippen LogP contribution in [0, 0.1) is 0 Å². The molecule has 0 spiro atoms. The molecule has 0 aromatic carbocycles. The van der Waals surface area contributed by atoms with E-state index in [4.69, 9.17) is 0 Å². The Kier molecular flexibility index (Phi) is 3.62. The van der Waals surface area contributed by atoms with E-state index in [9.17, 15) is 0 Å². The van der Waals surface area contributed by atoms with Gasteiger partial charge in [0.05, 0.1) is 0 Å². The average molecular weight is 234 g/mol. The zero-order valence-electron chi connectivity index (χ0n) is 11.2. The van der Waals surface area contributed by atoms with Crippen LogP contribution in [0.2, 0.25) is 0 Å². The van der Waals surface area contributed by atoms with E-state index in [-0.39, 0.29) is 0 Å². The third kappa shape index (κ3) is 2.75. The van der Waals surface area contributed by atoms with Crippen LogP contribution in [-0.2, 0) is 0 Å². The Bertz CT molecular complexity index is 377. The fourth-order valence-corrected chi connectivity index (χ4v) is 2.07. The minimum atomic E-state index is 0.460. The fraction of sp³-hybridized carbons (Fsp3) is 0.692. The van der Waals surface area contributed by atoms with E-state index in [1.807, 2.05) is 12.3 Å². The first-order valence-electron chi connectivity index (χ1n) is 6.36. The quantitative estimate of drug-likeness (QED) is 0.780. The minimum absolute atomic E-state index is 0.460. The van der Waals surface area contributed by atoms with Crippen LogP contribution in [0.25, 0.3) is 0 Å². The third-order valence-electron chi connectivity index (χ3n) is 3.50. The lowest BCUT2D eigenvalue weighted by Gasteiger charge is -2.37. The maximum absolute atomic E-state index is 4.65. The second-order valence-corrected chi connectivity index (χ2v) is 5.21. The summed E-state index contributed by atoms with van der Waals surface area (Å²) < 4.78 is 0. The fourth-order valence-electron chi connectivity index (χ4n) is 2.07. The van der Waals surface area contributed by atoms with Gasteiger partial charge in [-0.1, -0.05) is 13.8 Å². The number of rotatable bonds is 2. The molecule has 1 atom stereocenters. The summed E-state index contributed by atoms with van der Waals surface area (Å²) >= 11 is 0. The maximum Gasteiger partial charge on any atom is 0.225 e. The molecule has 0 unspecified atom stereocenters. The summed E-state index contributed by atoms with van der Waals surface area (Å²) in [6.07, 6.45) is 1.88. The Morgan fingerprint density at radius 3 is 2.76 bits per heavy atom. The van der Waals surface area contributed by atoms with E-state index < -0.39 is 0 Å². The van der Waals surface area contributed by atoms with Gasteiger partial charge < -0.3 is 9.80 Å². The van der Waals surface area contributed by atoms with Gasteiger partial charge in [-0.2, -0.15) is 0 Å². The summed E-state index contributed by atoms with van der Waals surface area (Å²) in [7, 11) is 2.17. The monoisotopic (exact) mass is 234 g/mol. The molecule has 2 heterocycles. The molecule has 1 aromatic heterocycles. The van der Waals surface area contributed by atoms with Crippen LogP contribution >= 0.6 is 0 Å². The highest BCUT2D eigenvalue weighted by Crippen LogP contribution is 2.17. The largest absolute Gasteiger partial charge is 0.338 e. The first kappa shape index (κ1) is 12.3. The van der Waals surface area contributed by atoms with Gasteiger partial charge in [0.2, 0.25) is 5.95 Å². The molecule has 0 radical (unpaired) electrons. The summed E-state index contributed by atoms with van der Waals surface area (Å²) in [6, 6.07) is 2.57. The van der Waals surface area contributed by atoms with Gasteiger partial charge in [0, 0.05) is 37.6 Å². The number of aromatic nitrogens is 2. The summed E-state index contributed by atoms with van der Waals surface area (Å²) in [6.45, 7) is 9.69. The van der Waals surface area contributed by atoms with Crippen molar-refractivity contribution in [2.75, 3.05) is 31.6 Å². The lowest BCUT2D eigenvalue weighted by Crippen LogP contribution is -2.50. The Hall–Kier alpha value is -1.16. The van der Waals surface area contributed by atoms with E-state index in [2.05, 4.69) is 47.6 Å². The van der Waals surface area contributed by atoms with Crippen molar-refractivity contribution in [3.05, 3.63) is 18.0 Å². The molecule has 94 valence electrons. The van der Waals surface area contributed by atoms with Crippen LogP contribution in [0.1, 0.15) is 32.4 Å². The first-order valence-corrected chi connectivity index (χ1v) is 6.36. The number of likely N-dealkylation sites (N-methyl/N-ethyl adjacent to an activating group) is 1. The van der Waals surface area contributed by atoms with E-state index in [0.717, 1.165) is 31.3 Å². The van der Waals surface area contributed by atoms with Gasteiger partial charge in [-0.05, 0) is 26.0 Å². The Morgan fingerprint density at radius 1 is 1.35 bits per heavy atom. The van der Waals surface area contributed by atoms with Crippen LogP contribution in [0.4, 0.5) is 5.95 Å². The predicted molar refractivity (Wildman–Crippen MR) is 70.4 cm³/mol. The molecule has 4 nitrogen and oxygen atoms in total. The Labute approximate surface area is 104 Å². The van der Waals surface area contributed by atoms with E-state index >= 15 is 0 Å². The van der Waals surface area contributed by atoms with Crippen LogP contribution in [-0.4, -0.2) is 47.6 Å². The SMILES string of the molecule is CC(C)c1ccnc(N2CCN(C)[C@H](C)C2)n1. The zero-order chi connectivity index (χ0) is 12.4. The van der Waals surface area contributed by atoms with Gasteiger partial charge in [-0.15, -0.1) is 0 Å². The van der Waals surface area contributed by atoms with Crippen molar-refractivity contribution in [3.8, 4) is 0 Å². The van der Waals surface area contributed by atoms with Crippen LogP contribution in [0.5, 0.6) is 0 Å². The summed E-state index contributed by atoms with van der Waals surface area (Å²) in [5, 5.41) is 0. The minimum Gasteiger partial charge on any atom is -0.338 e. The summed E-state index contributed by atoms with van der Waals surface area (Å²) in [4.78, 5) is 13.7. The van der Waals surface area contributed by atoms with Gasteiger partial charge in [-0.25, -0.2) is 9.97 Å². The molecule has 0 amide bonds. The van der Waals surface area contributed by atoms with Crippen LogP contribution < -0.4 is 4.90 Å². The molecule has 1 aliphatic rings. The topological polar surface area (TPSA) is 32.3 Å². The second kappa shape index (κ2) is 5.00. The van der Waals surface area contributed by atoms with Crippen molar-refractivity contribution in [1.82, 2.24) is 14.9 Å². The van der Waals surface area contributed by atoms with Crippen molar-refractivity contribution in [2.24, 2.45) is 0 Å². The van der Waals surface area contributed by atoms with Gasteiger partial charge in [0.25, 0.3) is 0 Å². The molecule has 1 fully saturated rings. The second-order valence-electron chi connectivity index (χ2n) is 5.21. The highest BCUT2D eigenvalue weighted by Gasteiger charge is 2.22. The predicted octanol–water partition coefficient (Wildman–Crippen LogP) is 1.74. The standard InChI is InChI=1S/C13H22N4/c1-10(2)12-5-6-14-13(15-12)17-8-7-16(4)11(3)9-17/h5-6,10-11H,7-9H2,1-4H3/t11-/m1/s1. The Morgan fingerprint density at radius 2 is 2.12 bits per heavy atom. The molecule has 4 heteroatoms. The van der Waals surface area contributed by atoms with Crippen molar-refractivity contribution in [2.45, 2.75) is 32.7 Å². The van der Waals surface area contributed by atoms with Crippen LogP contribution in [0.3, 0.4) is 0 Å². The Balaban J connectivity index is 2.14. The van der Waals surface area contributed by atoms with Gasteiger partial charge in [-0.3, -0.25) is 0 Å². The van der Waals surface area contributed by atoms with E-state index in [0.29, 0.717) is 12.0 Å². The molecular weight excluding hydrogens is 212 g/mol. The molecule has 1 saturated heterocycles. The van der Waals surface area contributed by atoms with Crippen molar-refractivity contribution >= 4 is 5.95 Å². The molecule has 0 saturated carbocycles. The van der Waals surface area contributed by atoms with Crippen LogP contribution in [0.15, 0.2) is 12.3 Å². The molecule has 0 aliphatic carbocycles. The first-order chi connectivity index (χ1) is 8.08. The van der Waals surface area contributed by atoms with Gasteiger partial charge >= 0.3 is 0 Å². The highest BCUT2D eigenvalue weighted by molar-refractivity contribution is 5.32. The number of hydrogen-bond acceptors (Lipinski definition) is 4. The van der Waals surface area contributed by atoms with Crippen molar-refractivity contribution in [3.63, 3.8) is 0 Å². The molecule has 2 rings (SSSR count). The van der Waals surface area contributed by atoms with Gasteiger partial charge in [0.1, 0.15) is 0 Å². The normalized spacial score (nSPS) is 22.2. The molecule has 1 aromatic rings. The highest BCUT2D eigenvalue weighted by atomic mass is 15.3. The number of hydrogen-bond donors (Lipinski definition) is 0. The number of piperazine rings is 1. The summed E-state index contributed by atoms with van der Waals surface area (Å²) in [5.41, 5.74) is 1.13. The smallest absolute Gasteiger partial charge is 0.225 e. The number of nitrogens with zero attached hydrogens (tertiary/aromatic N) is 4. The van der Waals surface area contributed by atoms with Crippen molar-refractivity contribution < 1.29 is 0 Å². The van der Waals surface area contributed by atoms with Crippen molar-refractivity contribution in [1.29, 1.82) is 0 Å². The molecular formula is C13H22N4. The van der Waals surface area contributed by atoms with E-state index in [1.165, 1.54) is 0 Å². The average Bonchev–Trinajstić information content (AvgIpc) is 2.33. The zero-order valence-corrected chi connectivity index (χ0v) is 11.2. The molecule has 0 bridgehead atoms. The third-order valence-corrected chi connectivity index (χ3v) is 3.50. The molecule has 17 heavy (non-hydrogen) atoms.